The smallest absolute Gasteiger partial charge is 0.375 e. The highest BCUT2D eigenvalue weighted by Crippen LogP contribution is 2.61. The fourth-order valence-corrected chi connectivity index (χ4v) is 3.53. The fraction of sp³-hybridized carbons (Fsp3) is 0. The van der Waals surface area contributed by atoms with Gasteiger partial charge in [-0.3, -0.25) is 29.6 Å². The highest BCUT2D eigenvalue weighted by Gasteiger charge is 2.26. The van der Waals surface area contributed by atoms with Crippen LogP contribution in [0, 0.1) is 43.5 Å². The zero-order valence-electron chi connectivity index (χ0n) is 17.9. The molecule has 0 bridgehead atoms. The van der Waals surface area contributed by atoms with Crippen LogP contribution in [0.2, 0.25) is 10.2 Å². The van der Waals surface area contributed by atoms with Crippen LogP contribution in [0.3, 0.4) is 0 Å². The summed E-state index contributed by atoms with van der Waals surface area (Å²) in [5, 5.41) is 25.4. The SMILES string of the molecule is O=P(Cl)(Cl)Cl.O=[N+]([O-])c1c(Cl)nc2cc(F)cc(F)c2c1Cl.O=c1[nH]c2cc(F)cc(F)c2c(O)c1[N+](=O)[O-]. The van der Waals surface area contributed by atoms with Gasteiger partial charge in [-0.15, -0.1) is 0 Å². The van der Waals surface area contributed by atoms with Crippen LogP contribution >= 0.6 is 62.1 Å². The van der Waals surface area contributed by atoms with Crippen LogP contribution in [0.15, 0.2) is 29.1 Å². The van der Waals surface area contributed by atoms with Crippen molar-refractivity contribution in [3.05, 3.63) is 88.3 Å². The Morgan fingerprint density at radius 2 is 1.33 bits per heavy atom. The second kappa shape index (κ2) is 12.5. The van der Waals surface area contributed by atoms with Gasteiger partial charge in [-0.2, -0.15) is 0 Å². The number of aromatic hydroxyl groups is 1. The Morgan fingerprint density at radius 3 is 1.82 bits per heavy atom. The van der Waals surface area contributed by atoms with Crippen LogP contribution in [-0.2, 0) is 4.57 Å². The molecule has 0 radical (unpaired) electrons. The fourth-order valence-electron chi connectivity index (χ4n) is 2.88. The number of benzene rings is 2. The number of nitrogens with one attached hydrogen (secondary N) is 1. The summed E-state index contributed by atoms with van der Waals surface area (Å²) in [5.41, 5.74) is -3.64. The first-order valence-corrected chi connectivity index (χ1v) is 14.4. The van der Waals surface area contributed by atoms with Gasteiger partial charge in [0.15, 0.2) is 0 Å². The van der Waals surface area contributed by atoms with Crippen molar-refractivity contribution in [2.75, 3.05) is 0 Å². The van der Waals surface area contributed by atoms with E-state index < -0.39 is 76.6 Å². The average Bonchev–Trinajstić information content (AvgIpc) is 2.70. The van der Waals surface area contributed by atoms with E-state index in [2.05, 4.69) is 38.7 Å². The van der Waals surface area contributed by atoms with Crippen molar-refractivity contribution in [2.24, 2.45) is 0 Å². The number of halogens is 9. The molecule has 2 heterocycles. The first-order valence-electron chi connectivity index (χ1n) is 9.19. The monoisotopic (exact) mass is 672 g/mol. The lowest BCUT2D eigenvalue weighted by atomic mass is 10.1. The van der Waals surface area contributed by atoms with Crippen LogP contribution in [0.25, 0.3) is 21.8 Å². The Bertz CT molecular complexity index is 1750. The Labute approximate surface area is 235 Å². The third-order valence-corrected chi connectivity index (χ3v) is 4.85. The van der Waals surface area contributed by atoms with Crippen LogP contribution < -0.4 is 5.56 Å². The van der Waals surface area contributed by atoms with Gasteiger partial charge in [0.05, 0.1) is 31.7 Å². The summed E-state index contributed by atoms with van der Waals surface area (Å²) in [5.74, 6) is -5.19. The number of nitro groups is 2. The topological polar surface area (TPSA) is 169 Å². The number of aromatic nitrogens is 2. The number of pyridine rings is 2. The molecule has 2 aromatic heterocycles. The van der Waals surface area contributed by atoms with Gasteiger partial charge in [0, 0.05) is 18.2 Å². The molecule has 21 heteroatoms. The third kappa shape index (κ3) is 8.03. The lowest BCUT2D eigenvalue weighted by Crippen LogP contribution is -2.12. The normalized spacial score (nSPS) is 10.9. The number of H-pyrrole nitrogens is 1. The van der Waals surface area contributed by atoms with E-state index in [1.807, 2.05) is 4.98 Å². The molecule has 0 aliphatic rings. The maximum Gasteiger partial charge on any atom is 0.375 e. The largest absolute Gasteiger partial charge is 0.501 e. The summed E-state index contributed by atoms with van der Waals surface area (Å²) in [6.07, 6.45) is 0. The Hall–Kier alpha value is -2.94. The minimum absolute atomic E-state index is 0.178. The lowest BCUT2D eigenvalue weighted by Gasteiger charge is -2.04. The molecule has 2 N–H and O–H groups in total. The van der Waals surface area contributed by atoms with Gasteiger partial charge in [0.2, 0.25) is 10.9 Å². The molecule has 0 atom stereocenters. The first kappa shape index (κ1) is 32.3. The van der Waals surface area contributed by atoms with E-state index in [0.29, 0.717) is 12.1 Å². The maximum atomic E-state index is 13.5. The van der Waals surface area contributed by atoms with Crippen LogP contribution in [0.5, 0.6) is 5.75 Å². The quantitative estimate of drug-likeness (QED) is 0.0709. The van der Waals surface area contributed by atoms with E-state index in [1.54, 1.807) is 0 Å². The van der Waals surface area contributed by atoms with Gasteiger partial charge in [-0.05, 0) is 39.8 Å². The molecule has 0 aliphatic heterocycles. The number of hydrogen-bond donors (Lipinski definition) is 2. The molecule has 39 heavy (non-hydrogen) atoms. The van der Waals surface area contributed by atoms with Gasteiger partial charge in [-0.25, -0.2) is 22.5 Å². The van der Waals surface area contributed by atoms with E-state index in [4.69, 9.17) is 23.2 Å². The molecule has 0 fully saturated rings. The average molecular weight is 674 g/mol. The highest BCUT2D eigenvalue weighted by molar-refractivity contribution is 8.24. The molecule has 208 valence electrons. The molecule has 0 saturated heterocycles. The zero-order chi connectivity index (χ0) is 30.0. The number of aromatic amines is 1. The van der Waals surface area contributed by atoms with Crippen molar-refractivity contribution >= 4 is 95.3 Å². The Kier molecular flexibility index (Phi) is 10.3. The third-order valence-electron chi connectivity index (χ3n) is 4.22. The first-order chi connectivity index (χ1) is 17.8. The van der Waals surface area contributed by atoms with Gasteiger partial charge >= 0.3 is 22.1 Å². The van der Waals surface area contributed by atoms with Crippen molar-refractivity contribution in [3.8, 4) is 5.75 Å². The summed E-state index contributed by atoms with van der Waals surface area (Å²) in [7, 11) is 0. The van der Waals surface area contributed by atoms with Crippen molar-refractivity contribution in [1.82, 2.24) is 9.97 Å². The van der Waals surface area contributed by atoms with Crippen molar-refractivity contribution in [2.45, 2.75) is 0 Å². The van der Waals surface area contributed by atoms with E-state index in [-0.39, 0.29) is 16.4 Å². The molecule has 0 spiro atoms. The molecule has 11 nitrogen and oxygen atoms in total. The Balaban J connectivity index is 0.000000234. The van der Waals surface area contributed by atoms with Gasteiger partial charge < -0.3 is 10.1 Å². The van der Waals surface area contributed by atoms with Crippen molar-refractivity contribution < 1.29 is 37.1 Å². The molecular formula is C18H6Cl5F4N4O7P. The summed E-state index contributed by atoms with van der Waals surface area (Å²) < 4.78 is 62.1. The summed E-state index contributed by atoms with van der Waals surface area (Å²) >= 11 is 25.0. The molecular weight excluding hydrogens is 668 g/mol. The molecule has 0 unspecified atom stereocenters. The number of nitrogens with zero attached hydrogens (tertiary/aromatic N) is 3. The summed E-state index contributed by atoms with van der Waals surface area (Å²) in [4.78, 5) is 35.8. The molecule has 0 aliphatic carbocycles. The van der Waals surface area contributed by atoms with E-state index in [1.165, 1.54) is 0 Å². The van der Waals surface area contributed by atoms with Gasteiger partial charge in [-0.1, -0.05) is 23.2 Å². The standard InChI is InChI=1S/C9H2Cl2F2N2O2.C9H4F2N2O4.Cl3OP/c10-7-6-4(13)1-3(12)2-5(6)14-9(11)8(7)15(16)17;10-3-1-4(11)6-5(2-3)12-9(15)7(8(6)14)13(16)17;1-5(2,3)4/h1-2H;1-2H,(H2,12,14,15);. The molecule has 0 amide bonds. The maximum absolute atomic E-state index is 13.5. The van der Waals surface area contributed by atoms with E-state index in [0.717, 1.165) is 12.1 Å². The van der Waals surface area contributed by atoms with Gasteiger partial charge in [0.1, 0.15) is 28.3 Å². The second-order valence-electron chi connectivity index (χ2n) is 6.72. The predicted molar refractivity (Wildman–Crippen MR) is 136 cm³/mol. The van der Waals surface area contributed by atoms with Crippen molar-refractivity contribution in [1.29, 1.82) is 0 Å². The highest BCUT2D eigenvalue weighted by atomic mass is 36.0. The van der Waals surface area contributed by atoms with Gasteiger partial charge in [0.25, 0.3) is 0 Å². The second-order valence-corrected chi connectivity index (χ2v) is 14.1. The summed E-state index contributed by atoms with van der Waals surface area (Å²) in [6, 6.07) is 2.65. The molecule has 2 aromatic carbocycles. The molecule has 4 aromatic rings. The van der Waals surface area contributed by atoms with Crippen LogP contribution in [-0.4, -0.2) is 24.9 Å². The van der Waals surface area contributed by atoms with Crippen LogP contribution in [0.4, 0.5) is 28.9 Å². The Morgan fingerprint density at radius 1 is 0.872 bits per heavy atom. The summed E-state index contributed by atoms with van der Waals surface area (Å²) in [6.45, 7) is 0. The minimum Gasteiger partial charge on any atom is -0.501 e. The number of rotatable bonds is 2. The van der Waals surface area contributed by atoms with E-state index in [9.17, 15) is 52.3 Å². The number of hydrogen-bond acceptors (Lipinski definition) is 8. The van der Waals surface area contributed by atoms with Crippen molar-refractivity contribution in [3.63, 3.8) is 0 Å². The predicted octanol–water partition coefficient (Wildman–Crippen LogP) is 7.96. The minimum atomic E-state index is -3.22. The van der Waals surface area contributed by atoms with E-state index >= 15 is 0 Å². The zero-order valence-corrected chi connectivity index (χ0v) is 22.6. The number of fused-ring (bicyclic) bond motifs is 2. The lowest BCUT2D eigenvalue weighted by molar-refractivity contribution is -0.387. The van der Waals surface area contributed by atoms with Crippen LogP contribution in [0.1, 0.15) is 0 Å². The molecule has 4 rings (SSSR count). The molecule has 0 saturated carbocycles.